The van der Waals surface area contributed by atoms with Crippen LogP contribution in [-0.2, 0) is 41.9 Å². The maximum Gasteiger partial charge on any atom is 0.416 e. The molecule has 1 saturated carbocycles. The van der Waals surface area contributed by atoms with Gasteiger partial charge in [-0.3, -0.25) is 9.59 Å². The molecular formula is C31H31ClF3N7O4. The minimum absolute atomic E-state index is 0.0495. The first-order valence-electron chi connectivity index (χ1n) is 15.2. The van der Waals surface area contributed by atoms with Gasteiger partial charge in [0.2, 0.25) is 11.7 Å². The fourth-order valence-electron chi connectivity index (χ4n) is 5.90. The van der Waals surface area contributed by atoms with Crippen molar-refractivity contribution >= 4 is 34.7 Å². The van der Waals surface area contributed by atoms with E-state index in [2.05, 4.69) is 15.7 Å². The van der Waals surface area contributed by atoms with Crippen molar-refractivity contribution < 1.29 is 27.4 Å². The molecule has 1 aliphatic carbocycles. The van der Waals surface area contributed by atoms with Gasteiger partial charge >= 0.3 is 6.18 Å². The third kappa shape index (κ3) is 5.80. The van der Waals surface area contributed by atoms with E-state index in [-0.39, 0.29) is 40.4 Å². The summed E-state index contributed by atoms with van der Waals surface area (Å²) in [7, 11) is 0. The normalized spacial score (nSPS) is 16.6. The number of hydrogen-bond acceptors (Lipinski definition) is 8. The Labute approximate surface area is 266 Å². The number of carbonyl (C=O) groups excluding carboxylic acids is 1. The lowest BCUT2D eigenvalue weighted by Crippen LogP contribution is -2.47. The molecule has 3 aliphatic rings. The van der Waals surface area contributed by atoms with Crippen molar-refractivity contribution in [2.75, 3.05) is 36.4 Å². The minimum atomic E-state index is -4.65. The average molecular weight is 658 g/mol. The number of anilines is 2. The third-order valence-corrected chi connectivity index (χ3v) is 8.64. The first-order valence-corrected chi connectivity index (χ1v) is 15.5. The van der Waals surface area contributed by atoms with Crippen LogP contribution < -0.4 is 25.8 Å². The molecular weight excluding hydrogens is 627 g/mol. The fraction of sp³-hybridized carbons (Fsp3) is 0.419. The summed E-state index contributed by atoms with van der Waals surface area (Å²) in [6.07, 6.45) is -3.12. The van der Waals surface area contributed by atoms with Gasteiger partial charge in [0.1, 0.15) is 23.7 Å². The minimum Gasteiger partial charge on any atom is -0.488 e. The van der Waals surface area contributed by atoms with Crippen LogP contribution in [0.3, 0.4) is 0 Å². The number of piperazine rings is 1. The van der Waals surface area contributed by atoms with Crippen LogP contribution in [0.15, 0.2) is 35.1 Å². The first-order chi connectivity index (χ1) is 22.1. The van der Waals surface area contributed by atoms with Gasteiger partial charge in [0, 0.05) is 31.7 Å². The molecule has 2 aliphatic heterocycles. The number of halogens is 4. The Hall–Kier alpha value is -4.14. The van der Waals surface area contributed by atoms with Crippen molar-refractivity contribution in [2.24, 2.45) is 0 Å². The molecule has 1 saturated heterocycles. The summed E-state index contributed by atoms with van der Waals surface area (Å²) in [4.78, 5) is 34.4. The largest absolute Gasteiger partial charge is 0.488 e. The van der Waals surface area contributed by atoms with E-state index in [0.717, 1.165) is 23.3 Å². The van der Waals surface area contributed by atoms with Crippen LogP contribution in [0.25, 0.3) is 17.2 Å². The van der Waals surface area contributed by atoms with E-state index in [1.54, 1.807) is 4.57 Å². The van der Waals surface area contributed by atoms with Crippen LogP contribution in [0.2, 0.25) is 5.02 Å². The Bertz CT molecular complexity index is 1900. The standard InChI is InChI=1S/C31H31ClF3N7O4/c1-2-23-27(40-9-7-36-8-10-40)29(44)42-30(38-28(39-42)17-3-4-18-15-45-16-19(18)11-17)41(23)14-25(43)37-26-22(32)12-20(31(33,34)35)13-24(26)46-21-5-6-21/h3-4,11-13,21,36H,2,5-10,14-16H2,1H3,(H,37,43). The number of carbonyl (C=O) groups is 1. The van der Waals surface area contributed by atoms with E-state index in [0.29, 0.717) is 81.4 Å². The Morgan fingerprint density at radius 1 is 1.15 bits per heavy atom. The zero-order valence-corrected chi connectivity index (χ0v) is 25.7. The van der Waals surface area contributed by atoms with Crippen LogP contribution in [0.4, 0.5) is 24.5 Å². The third-order valence-electron chi connectivity index (χ3n) is 8.34. The molecule has 0 bridgehead atoms. The number of rotatable bonds is 8. The molecule has 4 aromatic rings. The predicted molar refractivity (Wildman–Crippen MR) is 164 cm³/mol. The molecule has 2 N–H and O–H groups in total. The van der Waals surface area contributed by atoms with Crippen LogP contribution in [0.5, 0.6) is 5.75 Å². The number of benzene rings is 2. The number of ether oxygens (including phenoxy) is 2. The second kappa shape index (κ2) is 11.9. The van der Waals surface area contributed by atoms with Crippen LogP contribution >= 0.6 is 11.6 Å². The number of nitrogens with zero attached hydrogens (tertiary/aromatic N) is 5. The topological polar surface area (TPSA) is 115 Å². The van der Waals surface area contributed by atoms with Crippen LogP contribution in [0.1, 0.15) is 42.1 Å². The summed E-state index contributed by atoms with van der Waals surface area (Å²) in [5.41, 5.74) is 2.42. The summed E-state index contributed by atoms with van der Waals surface area (Å²) >= 11 is 6.31. The molecule has 15 heteroatoms. The van der Waals surface area contributed by atoms with E-state index >= 15 is 0 Å². The summed E-state index contributed by atoms with van der Waals surface area (Å²) in [6.45, 7) is 5.08. The smallest absolute Gasteiger partial charge is 0.416 e. The number of hydrogen-bond donors (Lipinski definition) is 2. The van der Waals surface area contributed by atoms with Crippen LogP contribution in [0, 0.1) is 0 Å². The van der Waals surface area contributed by atoms with E-state index in [1.165, 1.54) is 4.52 Å². The second-order valence-corrected chi connectivity index (χ2v) is 12.0. The Balaban J connectivity index is 1.31. The van der Waals surface area contributed by atoms with Gasteiger partial charge in [-0.05, 0) is 48.6 Å². The number of alkyl halides is 3. The zero-order valence-electron chi connectivity index (χ0n) is 24.9. The summed E-state index contributed by atoms with van der Waals surface area (Å²) in [5, 5.41) is 10.3. The quantitative estimate of drug-likeness (QED) is 0.287. The SMILES string of the molecule is CCc1c(N2CCNCC2)c(=O)n2nc(-c3ccc4c(c3)COC4)nc2n1CC(=O)Nc1c(Cl)cc(C(F)(F)F)cc1OC1CC1. The van der Waals surface area contributed by atoms with Crippen molar-refractivity contribution in [1.82, 2.24) is 24.5 Å². The van der Waals surface area contributed by atoms with Gasteiger partial charge in [-0.25, -0.2) is 0 Å². The number of amides is 1. The Morgan fingerprint density at radius 3 is 2.63 bits per heavy atom. The molecule has 2 aromatic carbocycles. The highest BCUT2D eigenvalue weighted by Gasteiger charge is 2.34. The van der Waals surface area contributed by atoms with Gasteiger partial charge in [-0.1, -0.05) is 30.7 Å². The number of nitrogens with one attached hydrogen (secondary N) is 2. The van der Waals surface area contributed by atoms with Crippen molar-refractivity contribution in [1.29, 1.82) is 0 Å². The summed E-state index contributed by atoms with van der Waals surface area (Å²) < 4.78 is 54.8. The molecule has 242 valence electrons. The highest BCUT2D eigenvalue weighted by molar-refractivity contribution is 6.34. The Morgan fingerprint density at radius 2 is 1.91 bits per heavy atom. The molecule has 4 heterocycles. The van der Waals surface area contributed by atoms with Gasteiger partial charge in [0.15, 0.2) is 5.82 Å². The molecule has 7 rings (SSSR count). The maximum atomic E-state index is 14.0. The number of aromatic nitrogens is 4. The predicted octanol–water partition coefficient (Wildman–Crippen LogP) is 4.41. The van der Waals surface area contributed by atoms with E-state index in [4.69, 9.17) is 26.1 Å². The Kier molecular flexibility index (Phi) is 7.89. The van der Waals surface area contributed by atoms with Crippen LogP contribution in [-0.4, -0.2) is 57.4 Å². The molecule has 2 aromatic heterocycles. The fourth-order valence-corrected chi connectivity index (χ4v) is 6.16. The van der Waals surface area contributed by atoms with Crippen molar-refractivity contribution in [2.45, 2.75) is 58.2 Å². The molecule has 0 radical (unpaired) electrons. The van der Waals surface area contributed by atoms with E-state index in [9.17, 15) is 22.8 Å². The van der Waals surface area contributed by atoms with Gasteiger partial charge in [-0.2, -0.15) is 22.7 Å². The molecule has 0 atom stereocenters. The first kappa shape index (κ1) is 30.5. The molecule has 2 fully saturated rings. The van der Waals surface area contributed by atoms with Gasteiger partial charge < -0.3 is 29.6 Å². The molecule has 0 unspecified atom stereocenters. The molecule has 1 amide bonds. The van der Waals surface area contributed by atoms with Crippen molar-refractivity contribution in [3.63, 3.8) is 0 Å². The molecule has 46 heavy (non-hydrogen) atoms. The van der Waals surface area contributed by atoms with Crippen molar-refractivity contribution in [3.8, 4) is 17.1 Å². The highest BCUT2D eigenvalue weighted by Crippen LogP contribution is 2.42. The maximum absolute atomic E-state index is 14.0. The molecule has 0 spiro atoms. The lowest BCUT2D eigenvalue weighted by atomic mass is 10.1. The van der Waals surface area contributed by atoms with E-state index < -0.39 is 17.6 Å². The highest BCUT2D eigenvalue weighted by atomic mass is 35.5. The lowest BCUT2D eigenvalue weighted by Gasteiger charge is -2.31. The van der Waals surface area contributed by atoms with Gasteiger partial charge in [-0.15, -0.1) is 5.10 Å². The lowest BCUT2D eigenvalue weighted by molar-refractivity contribution is -0.137. The van der Waals surface area contributed by atoms with Crippen molar-refractivity contribution in [3.05, 3.63) is 68.1 Å². The second-order valence-electron chi connectivity index (χ2n) is 11.6. The monoisotopic (exact) mass is 657 g/mol. The zero-order chi connectivity index (χ0) is 32.2. The average Bonchev–Trinajstić information content (AvgIpc) is 3.52. The van der Waals surface area contributed by atoms with E-state index in [1.807, 2.05) is 30.0 Å². The molecule has 11 nitrogen and oxygen atoms in total. The summed E-state index contributed by atoms with van der Waals surface area (Å²) in [6, 6.07) is 7.37. The summed E-state index contributed by atoms with van der Waals surface area (Å²) in [5.74, 6) is -0.265. The van der Waals surface area contributed by atoms with Gasteiger partial charge in [0.25, 0.3) is 5.56 Å². The van der Waals surface area contributed by atoms with Gasteiger partial charge in [0.05, 0.1) is 35.6 Å². The number of fused-ring (bicyclic) bond motifs is 2.